The Bertz CT molecular complexity index is 744. The molecule has 1 heterocycles. The van der Waals surface area contributed by atoms with E-state index < -0.39 is 28.1 Å². The molecule has 1 aromatic carbocycles. The van der Waals surface area contributed by atoms with Crippen molar-refractivity contribution in [2.24, 2.45) is 0 Å². The third-order valence-electron chi connectivity index (χ3n) is 3.64. The van der Waals surface area contributed by atoms with Gasteiger partial charge in [-0.25, -0.2) is 18.0 Å². The molecular weight excluding hydrogens is 358 g/mol. The van der Waals surface area contributed by atoms with Crippen molar-refractivity contribution in [2.45, 2.75) is 31.3 Å². The molecule has 1 aliphatic rings. The molecule has 9 heteroatoms. The molecule has 132 valence electrons. The van der Waals surface area contributed by atoms with Crippen molar-refractivity contribution in [3.8, 4) is 0 Å². The van der Waals surface area contributed by atoms with Crippen molar-refractivity contribution < 1.29 is 27.5 Å². The highest BCUT2D eigenvalue weighted by atomic mass is 35.5. The molecule has 2 rings (SSSR count). The second-order valence-corrected chi connectivity index (χ2v) is 7.43. The molecule has 1 aliphatic heterocycles. The first-order valence-electron chi connectivity index (χ1n) is 7.48. The molecule has 0 radical (unpaired) electrons. The summed E-state index contributed by atoms with van der Waals surface area (Å²) in [5.74, 6) is -1.48. The molecule has 1 fully saturated rings. The summed E-state index contributed by atoms with van der Waals surface area (Å²) >= 11 is 5.98. The molecule has 0 bridgehead atoms. The molecule has 0 unspecified atom stereocenters. The Morgan fingerprint density at radius 3 is 2.58 bits per heavy atom. The van der Waals surface area contributed by atoms with E-state index in [1.165, 1.54) is 22.5 Å². The van der Waals surface area contributed by atoms with E-state index in [0.717, 1.165) is 0 Å². The van der Waals surface area contributed by atoms with Crippen LogP contribution in [0.5, 0.6) is 0 Å². The number of carbonyl (C=O) groups excluding carboxylic acids is 2. The van der Waals surface area contributed by atoms with Crippen LogP contribution in [0.25, 0.3) is 0 Å². The van der Waals surface area contributed by atoms with E-state index >= 15 is 0 Å². The first-order chi connectivity index (χ1) is 11.3. The van der Waals surface area contributed by atoms with Gasteiger partial charge in [0.1, 0.15) is 0 Å². The molecule has 0 N–H and O–H groups in total. The summed E-state index contributed by atoms with van der Waals surface area (Å²) < 4.78 is 36.1. The number of ether oxygens (including phenoxy) is 2. The van der Waals surface area contributed by atoms with Crippen molar-refractivity contribution in [3.63, 3.8) is 0 Å². The van der Waals surface area contributed by atoms with Crippen molar-refractivity contribution in [3.05, 3.63) is 28.8 Å². The van der Waals surface area contributed by atoms with E-state index in [1.54, 1.807) is 13.8 Å². The summed E-state index contributed by atoms with van der Waals surface area (Å²) in [7, 11) is -3.74. The largest absolute Gasteiger partial charge is 0.463 e. The standard InChI is InChI=1S/C15H18ClNO6S/c1-3-17(4-2)24(20,21)10-5-6-12(16)11(9-10)14(18)23-13-7-8-22-15(13)19/h5-6,9,13H,3-4,7-8H2,1-2H3/t13-/m1/s1. The average Bonchev–Trinajstić information content (AvgIpc) is 2.93. The minimum Gasteiger partial charge on any atom is -0.463 e. The Kier molecular flexibility index (Phi) is 5.84. The van der Waals surface area contributed by atoms with Crippen molar-refractivity contribution in [1.82, 2.24) is 4.31 Å². The van der Waals surface area contributed by atoms with E-state index in [4.69, 9.17) is 21.1 Å². The first kappa shape index (κ1) is 18.7. The molecule has 0 saturated carbocycles. The minimum atomic E-state index is -3.74. The summed E-state index contributed by atoms with van der Waals surface area (Å²) in [4.78, 5) is 23.6. The second kappa shape index (κ2) is 7.50. The zero-order chi connectivity index (χ0) is 17.9. The van der Waals surface area contributed by atoms with Crippen LogP contribution in [0, 0.1) is 0 Å². The number of hydrogen-bond acceptors (Lipinski definition) is 6. The molecule has 7 nitrogen and oxygen atoms in total. The number of benzene rings is 1. The van der Waals surface area contributed by atoms with Gasteiger partial charge in [0.05, 0.1) is 22.1 Å². The number of sulfonamides is 1. The van der Waals surface area contributed by atoms with Crippen molar-refractivity contribution in [2.75, 3.05) is 19.7 Å². The van der Waals surface area contributed by atoms with Crippen LogP contribution < -0.4 is 0 Å². The van der Waals surface area contributed by atoms with Crippen molar-refractivity contribution >= 4 is 33.6 Å². The SMILES string of the molecule is CCN(CC)S(=O)(=O)c1ccc(Cl)c(C(=O)O[C@@H]2CCOC2=O)c1. The van der Waals surface area contributed by atoms with Gasteiger partial charge in [-0.3, -0.25) is 0 Å². The van der Waals surface area contributed by atoms with E-state index in [0.29, 0.717) is 13.1 Å². The van der Waals surface area contributed by atoms with Gasteiger partial charge in [0.15, 0.2) is 0 Å². The van der Waals surface area contributed by atoms with Gasteiger partial charge in [0.2, 0.25) is 16.1 Å². The van der Waals surface area contributed by atoms with Gasteiger partial charge in [-0.1, -0.05) is 25.4 Å². The van der Waals surface area contributed by atoms with Gasteiger partial charge in [0.25, 0.3) is 0 Å². The van der Waals surface area contributed by atoms with Crippen LogP contribution >= 0.6 is 11.6 Å². The van der Waals surface area contributed by atoms with Crippen LogP contribution in [0.1, 0.15) is 30.6 Å². The van der Waals surface area contributed by atoms with Crippen LogP contribution in [-0.2, 0) is 24.3 Å². The predicted octanol–water partition coefficient (Wildman–Crippen LogP) is 1.84. The molecule has 24 heavy (non-hydrogen) atoms. The lowest BCUT2D eigenvalue weighted by Crippen LogP contribution is -2.30. The highest BCUT2D eigenvalue weighted by molar-refractivity contribution is 7.89. The van der Waals surface area contributed by atoms with E-state index in [-0.39, 0.29) is 28.5 Å². The number of rotatable bonds is 6. The molecular formula is C15H18ClNO6S. The minimum absolute atomic E-state index is 0.0462. The fraction of sp³-hybridized carbons (Fsp3) is 0.467. The number of halogens is 1. The third-order valence-corrected chi connectivity index (χ3v) is 6.01. The Balaban J connectivity index is 2.31. The number of hydrogen-bond donors (Lipinski definition) is 0. The van der Waals surface area contributed by atoms with E-state index in [1.807, 2.05) is 0 Å². The summed E-state index contributed by atoms with van der Waals surface area (Å²) in [6.07, 6.45) is -0.726. The molecule has 0 spiro atoms. The third kappa shape index (κ3) is 3.71. The molecule has 1 saturated heterocycles. The number of esters is 2. The lowest BCUT2D eigenvalue weighted by atomic mass is 10.2. The second-order valence-electron chi connectivity index (χ2n) is 5.08. The molecule has 0 aliphatic carbocycles. The predicted molar refractivity (Wildman–Crippen MR) is 86.3 cm³/mol. The Morgan fingerprint density at radius 2 is 2.04 bits per heavy atom. The normalized spacial score (nSPS) is 17.8. The number of cyclic esters (lactones) is 1. The van der Waals surface area contributed by atoms with Gasteiger partial charge in [0, 0.05) is 19.5 Å². The van der Waals surface area contributed by atoms with Crippen LogP contribution in [0.4, 0.5) is 0 Å². The zero-order valence-electron chi connectivity index (χ0n) is 13.3. The monoisotopic (exact) mass is 375 g/mol. The first-order valence-corrected chi connectivity index (χ1v) is 9.30. The van der Waals surface area contributed by atoms with Gasteiger partial charge in [-0.15, -0.1) is 0 Å². The number of carbonyl (C=O) groups is 2. The van der Waals surface area contributed by atoms with E-state index in [2.05, 4.69) is 0 Å². The lowest BCUT2D eigenvalue weighted by molar-refractivity contribution is -0.145. The lowest BCUT2D eigenvalue weighted by Gasteiger charge is -2.19. The van der Waals surface area contributed by atoms with Gasteiger partial charge in [-0.2, -0.15) is 4.31 Å². The van der Waals surface area contributed by atoms with Crippen LogP contribution in [0.2, 0.25) is 5.02 Å². The maximum absolute atomic E-state index is 12.5. The van der Waals surface area contributed by atoms with E-state index in [9.17, 15) is 18.0 Å². The molecule has 0 amide bonds. The van der Waals surface area contributed by atoms with Gasteiger partial charge < -0.3 is 9.47 Å². The molecule has 1 aromatic rings. The topological polar surface area (TPSA) is 90.0 Å². The van der Waals surface area contributed by atoms with Crippen LogP contribution in [-0.4, -0.2) is 50.5 Å². The maximum atomic E-state index is 12.5. The van der Waals surface area contributed by atoms with Gasteiger partial charge in [-0.05, 0) is 18.2 Å². The molecule has 0 aromatic heterocycles. The highest BCUT2D eigenvalue weighted by Gasteiger charge is 2.32. The molecule has 1 atom stereocenters. The Labute approximate surface area is 145 Å². The zero-order valence-corrected chi connectivity index (χ0v) is 14.9. The van der Waals surface area contributed by atoms with Crippen LogP contribution in [0.15, 0.2) is 23.1 Å². The van der Waals surface area contributed by atoms with Crippen LogP contribution in [0.3, 0.4) is 0 Å². The summed E-state index contributed by atoms with van der Waals surface area (Å²) in [6.45, 7) is 4.22. The summed E-state index contributed by atoms with van der Waals surface area (Å²) in [5, 5.41) is 0.0462. The average molecular weight is 376 g/mol. The fourth-order valence-corrected chi connectivity index (χ4v) is 3.99. The fourth-order valence-electron chi connectivity index (χ4n) is 2.31. The smallest absolute Gasteiger partial charge is 0.347 e. The summed E-state index contributed by atoms with van der Waals surface area (Å²) in [6, 6.07) is 3.82. The Hall–Kier alpha value is -1.64. The maximum Gasteiger partial charge on any atom is 0.347 e. The van der Waals surface area contributed by atoms with Gasteiger partial charge >= 0.3 is 11.9 Å². The quantitative estimate of drug-likeness (QED) is 0.705. The number of nitrogens with zero attached hydrogens (tertiary/aromatic N) is 1. The summed E-state index contributed by atoms with van der Waals surface area (Å²) in [5.41, 5.74) is -0.107. The Morgan fingerprint density at radius 1 is 1.38 bits per heavy atom. The van der Waals surface area contributed by atoms with Crippen molar-refractivity contribution in [1.29, 1.82) is 0 Å². The highest BCUT2D eigenvalue weighted by Crippen LogP contribution is 2.25.